The molecule has 0 spiro atoms. The standard InChI is InChI=1S/C28H29N5O2/c1-3-21-15-17-23(18-16-21)29-28(35)32(4-2)20-27(34)30-26-19-25(22-11-7-5-8-12-22)31-33(26)24-13-9-6-10-14-24/h5-19H,3-4,20H2,1-2H3,(H,29,35)(H,30,34). The van der Waals surface area contributed by atoms with E-state index in [0.717, 1.165) is 23.4 Å². The highest BCUT2D eigenvalue weighted by Crippen LogP contribution is 2.24. The van der Waals surface area contributed by atoms with Crippen LogP contribution >= 0.6 is 0 Å². The number of anilines is 2. The Morgan fingerprint density at radius 2 is 1.51 bits per heavy atom. The fourth-order valence-electron chi connectivity index (χ4n) is 3.70. The summed E-state index contributed by atoms with van der Waals surface area (Å²) in [7, 11) is 0. The fraction of sp³-hybridized carbons (Fsp3) is 0.179. The van der Waals surface area contributed by atoms with Gasteiger partial charge in [-0.1, -0.05) is 67.6 Å². The van der Waals surface area contributed by atoms with E-state index in [-0.39, 0.29) is 18.5 Å². The van der Waals surface area contributed by atoms with Crippen molar-refractivity contribution < 1.29 is 9.59 Å². The van der Waals surface area contributed by atoms with E-state index in [0.29, 0.717) is 18.1 Å². The van der Waals surface area contributed by atoms with Crippen molar-refractivity contribution in [3.05, 3.63) is 96.6 Å². The molecule has 3 aromatic carbocycles. The van der Waals surface area contributed by atoms with E-state index in [4.69, 9.17) is 5.10 Å². The van der Waals surface area contributed by atoms with Gasteiger partial charge in [-0.25, -0.2) is 9.48 Å². The molecule has 0 radical (unpaired) electrons. The number of nitrogens with one attached hydrogen (secondary N) is 2. The van der Waals surface area contributed by atoms with Gasteiger partial charge in [0.25, 0.3) is 0 Å². The molecule has 178 valence electrons. The predicted molar refractivity (Wildman–Crippen MR) is 140 cm³/mol. The highest BCUT2D eigenvalue weighted by molar-refractivity contribution is 5.97. The van der Waals surface area contributed by atoms with Gasteiger partial charge in [0.1, 0.15) is 12.4 Å². The smallest absolute Gasteiger partial charge is 0.315 e. The Labute approximate surface area is 205 Å². The zero-order chi connectivity index (χ0) is 24.6. The van der Waals surface area contributed by atoms with Crippen molar-refractivity contribution in [3.63, 3.8) is 0 Å². The lowest BCUT2D eigenvalue weighted by atomic mass is 10.1. The predicted octanol–water partition coefficient (Wildman–Crippen LogP) is 5.59. The lowest BCUT2D eigenvalue weighted by molar-refractivity contribution is -0.116. The molecule has 7 nitrogen and oxygen atoms in total. The second kappa shape index (κ2) is 11.2. The summed E-state index contributed by atoms with van der Waals surface area (Å²) in [5, 5.41) is 10.5. The zero-order valence-corrected chi connectivity index (χ0v) is 19.9. The van der Waals surface area contributed by atoms with Crippen LogP contribution in [0, 0.1) is 0 Å². The minimum absolute atomic E-state index is 0.0873. The first kappa shape index (κ1) is 23.8. The number of rotatable bonds is 8. The van der Waals surface area contributed by atoms with Gasteiger partial charge in [0.05, 0.1) is 11.4 Å². The molecular formula is C28H29N5O2. The Balaban J connectivity index is 1.49. The van der Waals surface area contributed by atoms with Crippen molar-refractivity contribution in [2.24, 2.45) is 0 Å². The number of urea groups is 1. The summed E-state index contributed by atoms with van der Waals surface area (Å²) in [6, 6.07) is 28.6. The molecule has 4 aromatic rings. The van der Waals surface area contributed by atoms with Gasteiger partial charge in [-0.2, -0.15) is 5.10 Å². The van der Waals surface area contributed by atoms with Gasteiger partial charge in [0, 0.05) is 23.9 Å². The quantitative estimate of drug-likeness (QED) is 0.354. The van der Waals surface area contributed by atoms with Gasteiger partial charge in [-0.3, -0.25) is 4.79 Å². The Morgan fingerprint density at radius 3 is 2.14 bits per heavy atom. The molecule has 0 atom stereocenters. The number of nitrogens with zero attached hydrogens (tertiary/aromatic N) is 3. The lowest BCUT2D eigenvalue weighted by Gasteiger charge is -2.21. The van der Waals surface area contributed by atoms with Crippen LogP contribution in [0.1, 0.15) is 19.4 Å². The number of benzene rings is 3. The fourth-order valence-corrected chi connectivity index (χ4v) is 3.70. The molecule has 0 unspecified atom stereocenters. The third-order valence-electron chi connectivity index (χ3n) is 5.66. The summed E-state index contributed by atoms with van der Waals surface area (Å²) >= 11 is 0. The van der Waals surface area contributed by atoms with Crippen LogP contribution in [0.2, 0.25) is 0 Å². The maximum Gasteiger partial charge on any atom is 0.322 e. The minimum atomic E-state index is -0.326. The van der Waals surface area contributed by atoms with Crippen LogP contribution < -0.4 is 10.6 Å². The second-order valence-electron chi connectivity index (χ2n) is 8.07. The van der Waals surface area contributed by atoms with E-state index in [1.807, 2.05) is 97.9 Å². The van der Waals surface area contributed by atoms with Gasteiger partial charge in [0.2, 0.25) is 5.91 Å². The van der Waals surface area contributed by atoms with Crippen molar-refractivity contribution in [3.8, 4) is 16.9 Å². The topological polar surface area (TPSA) is 79.3 Å². The van der Waals surface area contributed by atoms with E-state index < -0.39 is 0 Å². The third kappa shape index (κ3) is 5.95. The summed E-state index contributed by atoms with van der Waals surface area (Å²) < 4.78 is 1.70. The van der Waals surface area contributed by atoms with Gasteiger partial charge in [0.15, 0.2) is 0 Å². The average molecular weight is 468 g/mol. The molecular weight excluding hydrogens is 438 g/mol. The summed E-state index contributed by atoms with van der Waals surface area (Å²) in [5.74, 6) is 0.228. The number of aryl methyl sites for hydroxylation is 1. The van der Waals surface area contributed by atoms with Crippen LogP contribution in [0.5, 0.6) is 0 Å². The van der Waals surface area contributed by atoms with Gasteiger partial charge in [-0.15, -0.1) is 0 Å². The molecule has 0 aliphatic heterocycles. The molecule has 0 aliphatic carbocycles. The molecule has 0 saturated carbocycles. The van der Waals surface area contributed by atoms with Crippen molar-refractivity contribution in [2.75, 3.05) is 23.7 Å². The van der Waals surface area contributed by atoms with E-state index >= 15 is 0 Å². The first-order chi connectivity index (χ1) is 17.1. The minimum Gasteiger partial charge on any atom is -0.315 e. The number of hydrogen-bond acceptors (Lipinski definition) is 3. The van der Waals surface area contributed by atoms with Gasteiger partial charge >= 0.3 is 6.03 Å². The van der Waals surface area contributed by atoms with Crippen LogP contribution in [0.3, 0.4) is 0 Å². The average Bonchev–Trinajstić information content (AvgIpc) is 3.32. The normalized spacial score (nSPS) is 10.6. The second-order valence-corrected chi connectivity index (χ2v) is 8.07. The van der Waals surface area contributed by atoms with Crippen molar-refractivity contribution in [1.82, 2.24) is 14.7 Å². The van der Waals surface area contributed by atoms with E-state index in [2.05, 4.69) is 17.6 Å². The maximum atomic E-state index is 13.0. The maximum absolute atomic E-state index is 13.0. The molecule has 0 bridgehead atoms. The van der Waals surface area contributed by atoms with Gasteiger partial charge in [-0.05, 0) is 43.2 Å². The molecule has 0 saturated heterocycles. The number of para-hydroxylation sites is 1. The molecule has 0 fully saturated rings. The van der Waals surface area contributed by atoms with E-state index in [1.165, 1.54) is 10.5 Å². The molecule has 7 heteroatoms. The van der Waals surface area contributed by atoms with Crippen molar-refractivity contribution in [2.45, 2.75) is 20.3 Å². The highest BCUT2D eigenvalue weighted by Gasteiger charge is 2.18. The number of amides is 3. The van der Waals surface area contributed by atoms with Gasteiger partial charge < -0.3 is 15.5 Å². The molecule has 1 heterocycles. The summed E-state index contributed by atoms with van der Waals surface area (Å²) in [6.45, 7) is 4.22. The zero-order valence-electron chi connectivity index (χ0n) is 19.9. The number of hydrogen-bond donors (Lipinski definition) is 2. The summed E-state index contributed by atoms with van der Waals surface area (Å²) in [6.07, 6.45) is 0.932. The molecule has 1 aromatic heterocycles. The van der Waals surface area contributed by atoms with E-state index in [1.54, 1.807) is 4.68 Å². The largest absolute Gasteiger partial charge is 0.322 e. The van der Waals surface area contributed by atoms with Crippen molar-refractivity contribution >= 4 is 23.4 Å². The summed E-state index contributed by atoms with van der Waals surface area (Å²) in [4.78, 5) is 27.2. The summed E-state index contributed by atoms with van der Waals surface area (Å²) in [5.41, 5.74) is 4.40. The number of carbonyl (C=O) groups excluding carboxylic acids is 2. The Kier molecular flexibility index (Phi) is 7.57. The first-order valence-electron chi connectivity index (χ1n) is 11.7. The molecule has 3 amide bonds. The van der Waals surface area contributed by atoms with Crippen LogP contribution in [-0.2, 0) is 11.2 Å². The number of aromatic nitrogens is 2. The highest BCUT2D eigenvalue weighted by atomic mass is 16.2. The molecule has 35 heavy (non-hydrogen) atoms. The van der Waals surface area contributed by atoms with Crippen LogP contribution in [0.25, 0.3) is 16.9 Å². The number of likely N-dealkylation sites (N-methyl/N-ethyl adjacent to an activating group) is 1. The van der Waals surface area contributed by atoms with Crippen LogP contribution in [0.4, 0.5) is 16.3 Å². The molecule has 2 N–H and O–H groups in total. The Hall–Kier alpha value is -4.39. The Bertz CT molecular complexity index is 1270. The van der Waals surface area contributed by atoms with Crippen LogP contribution in [0.15, 0.2) is 91.0 Å². The monoisotopic (exact) mass is 467 g/mol. The van der Waals surface area contributed by atoms with E-state index in [9.17, 15) is 9.59 Å². The lowest BCUT2D eigenvalue weighted by Crippen LogP contribution is -2.40. The third-order valence-corrected chi connectivity index (χ3v) is 5.66. The van der Waals surface area contributed by atoms with Crippen molar-refractivity contribution in [1.29, 1.82) is 0 Å². The molecule has 4 rings (SSSR count). The number of carbonyl (C=O) groups is 2. The first-order valence-corrected chi connectivity index (χ1v) is 11.7. The molecule has 0 aliphatic rings. The Morgan fingerprint density at radius 1 is 0.857 bits per heavy atom. The SMILES string of the molecule is CCc1ccc(NC(=O)N(CC)CC(=O)Nc2cc(-c3ccccc3)nn2-c2ccccc2)cc1. The van der Waals surface area contributed by atoms with Crippen LogP contribution in [-0.4, -0.2) is 39.7 Å².